The fourth-order valence-electron chi connectivity index (χ4n) is 3.87. The highest BCUT2D eigenvalue weighted by atomic mass is 16.5. The van der Waals surface area contributed by atoms with Crippen molar-refractivity contribution in [2.45, 2.75) is 32.0 Å². The van der Waals surface area contributed by atoms with E-state index in [1.807, 2.05) is 59.5 Å². The molecule has 0 atom stereocenters. The number of hydrogen-bond donors (Lipinski definition) is 1. The van der Waals surface area contributed by atoms with Crippen molar-refractivity contribution >= 4 is 11.9 Å². The topological polar surface area (TPSA) is 76.1 Å². The maximum Gasteiger partial charge on any atom is 0.335 e. The standard InChI is InChI=1S/C27H27NO5/c29-26(18-21-7-4-8-22(17-21)27(30)31)28-15-13-25(14-16-28)33-24-11-9-23(10-12-24)32-19-20-5-2-1-3-6-20/h1-12,17,25H,13-16,18-19H2,(H,30,31). The number of rotatable bonds is 8. The Hall–Kier alpha value is -3.80. The number of amides is 1. The van der Waals surface area contributed by atoms with Gasteiger partial charge < -0.3 is 19.5 Å². The summed E-state index contributed by atoms with van der Waals surface area (Å²) in [5.74, 6) is 0.602. The lowest BCUT2D eigenvalue weighted by Crippen LogP contribution is -2.42. The van der Waals surface area contributed by atoms with E-state index in [2.05, 4.69) is 0 Å². The predicted octanol–water partition coefficient (Wildman–Crippen LogP) is 4.58. The zero-order chi connectivity index (χ0) is 23.0. The van der Waals surface area contributed by atoms with Gasteiger partial charge in [0.2, 0.25) is 5.91 Å². The van der Waals surface area contributed by atoms with E-state index in [1.54, 1.807) is 18.2 Å². The third-order valence-corrected chi connectivity index (χ3v) is 5.70. The number of carboxylic acid groups (broad SMARTS) is 1. The number of carbonyl (C=O) groups is 2. The molecule has 1 aliphatic rings. The van der Waals surface area contributed by atoms with Gasteiger partial charge in [0.25, 0.3) is 0 Å². The van der Waals surface area contributed by atoms with E-state index in [0.717, 1.165) is 29.9 Å². The van der Waals surface area contributed by atoms with Crippen LogP contribution in [0.5, 0.6) is 11.5 Å². The SMILES string of the molecule is O=C(O)c1cccc(CC(=O)N2CCC(Oc3ccc(OCc4ccccc4)cc3)CC2)c1. The van der Waals surface area contributed by atoms with Crippen molar-refractivity contribution in [1.29, 1.82) is 0 Å². The second-order valence-electron chi connectivity index (χ2n) is 8.13. The molecule has 170 valence electrons. The Kier molecular flexibility index (Phi) is 7.25. The van der Waals surface area contributed by atoms with Gasteiger partial charge >= 0.3 is 5.97 Å². The number of nitrogens with zero attached hydrogens (tertiary/aromatic N) is 1. The molecule has 3 aromatic carbocycles. The van der Waals surface area contributed by atoms with E-state index in [4.69, 9.17) is 14.6 Å². The normalized spacial score (nSPS) is 14.0. The van der Waals surface area contributed by atoms with E-state index < -0.39 is 5.97 Å². The van der Waals surface area contributed by atoms with E-state index in [-0.39, 0.29) is 24.0 Å². The molecule has 0 aromatic heterocycles. The largest absolute Gasteiger partial charge is 0.490 e. The summed E-state index contributed by atoms with van der Waals surface area (Å²) in [5.41, 5.74) is 2.03. The lowest BCUT2D eigenvalue weighted by Gasteiger charge is -2.32. The van der Waals surface area contributed by atoms with Crippen LogP contribution in [0.1, 0.15) is 34.3 Å². The number of likely N-dealkylation sites (tertiary alicyclic amines) is 1. The van der Waals surface area contributed by atoms with Crippen LogP contribution in [0.4, 0.5) is 0 Å². The van der Waals surface area contributed by atoms with Gasteiger partial charge in [-0.25, -0.2) is 4.79 Å². The third-order valence-electron chi connectivity index (χ3n) is 5.70. The quantitative estimate of drug-likeness (QED) is 0.549. The first-order valence-corrected chi connectivity index (χ1v) is 11.1. The zero-order valence-corrected chi connectivity index (χ0v) is 18.4. The average Bonchev–Trinajstić information content (AvgIpc) is 2.85. The first kappa shape index (κ1) is 22.4. The minimum Gasteiger partial charge on any atom is -0.490 e. The minimum atomic E-state index is -0.988. The van der Waals surface area contributed by atoms with Crippen molar-refractivity contribution in [2.75, 3.05) is 13.1 Å². The number of carbonyl (C=O) groups excluding carboxylic acids is 1. The van der Waals surface area contributed by atoms with Crippen molar-refractivity contribution in [3.05, 3.63) is 95.6 Å². The van der Waals surface area contributed by atoms with Gasteiger partial charge in [0.15, 0.2) is 0 Å². The number of ether oxygens (including phenoxy) is 2. The zero-order valence-electron chi connectivity index (χ0n) is 18.4. The number of benzene rings is 3. The minimum absolute atomic E-state index is 0.0101. The first-order chi connectivity index (χ1) is 16.1. The van der Waals surface area contributed by atoms with Gasteiger partial charge in [-0.15, -0.1) is 0 Å². The monoisotopic (exact) mass is 445 g/mol. The van der Waals surface area contributed by atoms with Crippen LogP contribution in [0, 0.1) is 0 Å². The molecule has 1 saturated heterocycles. The fourth-order valence-corrected chi connectivity index (χ4v) is 3.87. The molecular formula is C27H27NO5. The summed E-state index contributed by atoms with van der Waals surface area (Å²) in [5, 5.41) is 9.12. The molecule has 0 spiro atoms. The van der Waals surface area contributed by atoms with Crippen LogP contribution in [-0.2, 0) is 17.8 Å². The number of piperidine rings is 1. The summed E-state index contributed by atoms with van der Waals surface area (Å²) < 4.78 is 11.9. The molecule has 0 bridgehead atoms. The van der Waals surface area contributed by atoms with E-state index >= 15 is 0 Å². The first-order valence-electron chi connectivity index (χ1n) is 11.1. The Morgan fingerprint density at radius 1 is 0.848 bits per heavy atom. The molecule has 0 saturated carbocycles. The molecule has 6 heteroatoms. The predicted molar refractivity (Wildman–Crippen MR) is 125 cm³/mol. The maximum atomic E-state index is 12.6. The van der Waals surface area contributed by atoms with Crippen LogP contribution in [0.3, 0.4) is 0 Å². The molecule has 0 aliphatic carbocycles. The van der Waals surface area contributed by atoms with Gasteiger partial charge in [-0.2, -0.15) is 0 Å². The van der Waals surface area contributed by atoms with Crippen LogP contribution in [0.2, 0.25) is 0 Å². The van der Waals surface area contributed by atoms with Crippen LogP contribution in [0.25, 0.3) is 0 Å². The Bertz CT molecular complexity index is 1070. The highest BCUT2D eigenvalue weighted by Crippen LogP contribution is 2.23. The lowest BCUT2D eigenvalue weighted by atomic mass is 10.0. The van der Waals surface area contributed by atoms with Gasteiger partial charge in [-0.3, -0.25) is 4.79 Å². The molecule has 1 N–H and O–H groups in total. The Morgan fingerprint density at radius 2 is 1.52 bits per heavy atom. The number of hydrogen-bond acceptors (Lipinski definition) is 4. The van der Waals surface area contributed by atoms with Crippen LogP contribution in [0.15, 0.2) is 78.9 Å². The molecule has 33 heavy (non-hydrogen) atoms. The van der Waals surface area contributed by atoms with Gasteiger partial charge in [0.05, 0.1) is 12.0 Å². The van der Waals surface area contributed by atoms with Crippen molar-refractivity contribution in [2.24, 2.45) is 0 Å². The number of aromatic carboxylic acids is 1. The molecular weight excluding hydrogens is 418 g/mol. The van der Waals surface area contributed by atoms with Crippen LogP contribution >= 0.6 is 0 Å². The van der Waals surface area contributed by atoms with Gasteiger partial charge in [0.1, 0.15) is 24.2 Å². The summed E-state index contributed by atoms with van der Waals surface area (Å²) in [4.78, 5) is 25.6. The van der Waals surface area contributed by atoms with Crippen molar-refractivity contribution in [1.82, 2.24) is 4.90 Å². The Morgan fingerprint density at radius 3 is 2.21 bits per heavy atom. The summed E-state index contributed by atoms with van der Waals surface area (Å²) in [6.45, 7) is 1.77. The summed E-state index contributed by atoms with van der Waals surface area (Å²) in [6, 6.07) is 24.2. The summed E-state index contributed by atoms with van der Waals surface area (Å²) in [7, 11) is 0. The Balaban J connectivity index is 1.22. The Labute approximate surface area is 193 Å². The van der Waals surface area contributed by atoms with Gasteiger partial charge in [-0.05, 0) is 47.5 Å². The van der Waals surface area contributed by atoms with Crippen molar-refractivity contribution in [3.8, 4) is 11.5 Å². The van der Waals surface area contributed by atoms with Gasteiger partial charge in [-0.1, -0.05) is 42.5 Å². The molecule has 0 radical (unpaired) electrons. The smallest absolute Gasteiger partial charge is 0.335 e. The van der Waals surface area contributed by atoms with E-state index in [0.29, 0.717) is 25.3 Å². The van der Waals surface area contributed by atoms with Crippen LogP contribution in [-0.4, -0.2) is 41.1 Å². The van der Waals surface area contributed by atoms with Crippen LogP contribution < -0.4 is 9.47 Å². The molecule has 3 aromatic rings. The van der Waals surface area contributed by atoms with E-state index in [1.165, 1.54) is 6.07 Å². The summed E-state index contributed by atoms with van der Waals surface area (Å²) >= 11 is 0. The molecule has 1 fully saturated rings. The molecule has 1 aliphatic heterocycles. The third kappa shape index (κ3) is 6.35. The molecule has 6 nitrogen and oxygen atoms in total. The van der Waals surface area contributed by atoms with Crippen molar-refractivity contribution in [3.63, 3.8) is 0 Å². The lowest BCUT2D eigenvalue weighted by molar-refractivity contribution is -0.132. The van der Waals surface area contributed by atoms with Crippen molar-refractivity contribution < 1.29 is 24.2 Å². The maximum absolute atomic E-state index is 12.6. The number of carboxylic acids is 1. The second kappa shape index (κ2) is 10.7. The van der Waals surface area contributed by atoms with E-state index in [9.17, 15) is 9.59 Å². The highest BCUT2D eigenvalue weighted by Gasteiger charge is 2.24. The molecule has 0 unspecified atom stereocenters. The molecule has 1 heterocycles. The average molecular weight is 446 g/mol. The fraction of sp³-hybridized carbons (Fsp3) is 0.259. The van der Waals surface area contributed by atoms with Gasteiger partial charge in [0, 0.05) is 25.9 Å². The molecule has 4 rings (SSSR count). The molecule has 1 amide bonds. The summed E-state index contributed by atoms with van der Waals surface area (Å²) in [6.07, 6.45) is 1.78. The highest BCUT2D eigenvalue weighted by molar-refractivity contribution is 5.88. The second-order valence-corrected chi connectivity index (χ2v) is 8.13.